The highest BCUT2D eigenvalue weighted by Gasteiger charge is 2.24. The molecule has 0 atom stereocenters. The number of rotatable bonds is 5. The highest BCUT2D eigenvalue weighted by Crippen LogP contribution is 2.32. The van der Waals surface area contributed by atoms with Crippen molar-refractivity contribution in [2.45, 2.75) is 38.5 Å². The zero-order chi connectivity index (χ0) is 18.9. The van der Waals surface area contributed by atoms with Crippen molar-refractivity contribution in [3.63, 3.8) is 0 Å². The van der Waals surface area contributed by atoms with Crippen LogP contribution >= 0.6 is 0 Å². The van der Waals surface area contributed by atoms with E-state index >= 15 is 0 Å². The first-order valence-corrected chi connectivity index (χ1v) is 10.4. The molecule has 0 saturated carbocycles. The van der Waals surface area contributed by atoms with Crippen LogP contribution in [0.15, 0.2) is 53.2 Å². The molecule has 1 aliphatic heterocycles. The van der Waals surface area contributed by atoms with Crippen LogP contribution in [0.25, 0.3) is 21.9 Å². The molecular weight excluding hydrogens is 346 g/mol. The molecule has 4 heteroatoms. The summed E-state index contributed by atoms with van der Waals surface area (Å²) in [5.41, 5.74) is 6.10. The number of hydrogen-bond donors (Lipinski definition) is 1. The summed E-state index contributed by atoms with van der Waals surface area (Å²) in [5, 5.41) is 6.96. The van der Waals surface area contributed by atoms with Crippen molar-refractivity contribution in [2.75, 3.05) is 19.6 Å². The highest BCUT2D eigenvalue weighted by atomic mass is 16.5. The van der Waals surface area contributed by atoms with Gasteiger partial charge in [0.2, 0.25) is 0 Å². The molecule has 0 amide bonds. The van der Waals surface area contributed by atoms with Gasteiger partial charge in [-0.15, -0.1) is 0 Å². The Morgan fingerprint density at radius 1 is 1.11 bits per heavy atom. The summed E-state index contributed by atoms with van der Waals surface area (Å²) in [5.74, 6) is 0.525. The summed E-state index contributed by atoms with van der Waals surface area (Å²) in [7, 11) is 0. The minimum atomic E-state index is 0.525. The number of aromatic amines is 1. The van der Waals surface area contributed by atoms with Gasteiger partial charge in [0.05, 0.1) is 5.69 Å². The van der Waals surface area contributed by atoms with Crippen molar-refractivity contribution >= 4 is 21.9 Å². The SMILES string of the molecule is Cc1ccc2[nH]cc(CCCN3CCC(c4noc5ccccc45)CC3)c2c1. The van der Waals surface area contributed by atoms with Crippen molar-refractivity contribution in [3.8, 4) is 0 Å². The number of hydrogen-bond acceptors (Lipinski definition) is 3. The summed E-state index contributed by atoms with van der Waals surface area (Å²) in [4.78, 5) is 6.02. The van der Waals surface area contributed by atoms with E-state index in [4.69, 9.17) is 4.52 Å². The van der Waals surface area contributed by atoms with E-state index in [-0.39, 0.29) is 0 Å². The van der Waals surface area contributed by atoms with Gasteiger partial charge in [0.25, 0.3) is 0 Å². The van der Waals surface area contributed by atoms with Crippen LogP contribution in [0.2, 0.25) is 0 Å². The van der Waals surface area contributed by atoms with E-state index in [1.165, 1.54) is 53.2 Å². The van der Waals surface area contributed by atoms with E-state index < -0.39 is 0 Å². The first-order valence-electron chi connectivity index (χ1n) is 10.4. The van der Waals surface area contributed by atoms with Crippen molar-refractivity contribution in [1.82, 2.24) is 15.0 Å². The van der Waals surface area contributed by atoms with Crippen molar-refractivity contribution in [2.24, 2.45) is 0 Å². The number of piperidine rings is 1. The molecule has 0 aliphatic carbocycles. The van der Waals surface area contributed by atoms with E-state index in [0.29, 0.717) is 5.92 Å². The summed E-state index contributed by atoms with van der Waals surface area (Å²) < 4.78 is 5.51. The largest absolute Gasteiger partial charge is 0.361 e. The van der Waals surface area contributed by atoms with E-state index in [1.807, 2.05) is 12.1 Å². The predicted octanol–water partition coefficient (Wildman–Crippen LogP) is 5.43. The third-order valence-corrected chi connectivity index (χ3v) is 6.22. The quantitative estimate of drug-likeness (QED) is 0.507. The Balaban J connectivity index is 1.16. The first kappa shape index (κ1) is 17.5. The Morgan fingerprint density at radius 3 is 2.86 bits per heavy atom. The van der Waals surface area contributed by atoms with Gasteiger partial charge in [-0.2, -0.15) is 0 Å². The van der Waals surface area contributed by atoms with E-state index in [9.17, 15) is 0 Å². The number of nitrogens with one attached hydrogen (secondary N) is 1. The summed E-state index contributed by atoms with van der Waals surface area (Å²) in [6.07, 6.45) is 6.87. The van der Waals surface area contributed by atoms with Crippen LogP contribution in [-0.4, -0.2) is 34.7 Å². The lowest BCUT2D eigenvalue weighted by Crippen LogP contribution is -2.34. The number of aromatic nitrogens is 2. The minimum absolute atomic E-state index is 0.525. The maximum Gasteiger partial charge on any atom is 0.167 e. The van der Waals surface area contributed by atoms with Gasteiger partial charge in [-0.1, -0.05) is 28.9 Å². The predicted molar refractivity (Wildman–Crippen MR) is 114 cm³/mol. The maximum atomic E-state index is 5.51. The van der Waals surface area contributed by atoms with Crippen LogP contribution in [0.1, 0.15) is 42.0 Å². The molecule has 4 aromatic rings. The smallest absolute Gasteiger partial charge is 0.167 e. The molecule has 1 fully saturated rings. The number of para-hydroxylation sites is 1. The zero-order valence-corrected chi connectivity index (χ0v) is 16.4. The lowest BCUT2D eigenvalue weighted by molar-refractivity contribution is 0.207. The molecule has 2 aromatic carbocycles. The lowest BCUT2D eigenvalue weighted by atomic mass is 9.91. The second-order valence-electron chi connectivity index (χ2n) is 8.15. The van der Waals surface area contributed by atoms with Gasteiger partial charge in [-0.25, -0.2) is 0 Å². The Labute approximate surface area is 165 Å². The van der Waals surface area contributed by atoms with Gasteiger partial charge in [0, 0.05) is 28.4 Å². The van der Waals surface area contributed by atoms with Crippen LogP contribution in [0, 0.1) is 6.92 Å². The molecule has 0 bridgehead atoms. The molecule has 28 heavy (non-hydrogen) atoms. The Hall–Kier alpha value is -2.59. The van der Waals surface area contributed by atoms with Crippen LogP contribution in [0.3, 0.4) is 0 Å². The van der Waals surface area contributed by atoms with Crippen LogP contribution in [0.5, 0.6) is 0 Å². The molecule has 144 valence electrons. The Morgan fingerprint density at radius 2 is 1.96 bits per heavy atom. The molecule has 1 N–H and O–H groups in total. The number of benzene rings is 2. The monoisotopic (exact) mass is 373 g/mol. The number of fused-ring (bicyclic) bond motifs is 2. The lowest BCUT2D eigenvalue weighted by Gasteiger charge is -2.31. The molecule has 2 aromatic heterocycles. The molecule has 4 nitrogen and oxygen atoms in total. The number of likely N-dealkylation sites (tertiary alicyclic amines) is 1. The summed E-state index contributed by atoms with van der Waals surface area (Å²) in [6.45, 7) is 5.64. The number of nitrogens with zero attached hydrogens (tertiary/aromatic N) is 2. The molecule has 1 saturated heterocycles. The molecular formula is C24H27N3O. The Bertz CT molecular complexity index is 1090. The standard InChI is InChI=1S/C24H27N3O/c1-17-8-9-22-21(15-17)19(16-25-22)5-4-12-27-13-10-18(11-14-27)24-20-6-2-3-7-23(20)28-26-24/h2-3,6-9,15-16,18,25H,4-5,10-14H2,1H3. The van der Waals surface area contributed by atoms with Gasteiger partial charge in [-0.05, 0) is 82.1 Å². The van der Waals surface area contributed by atoms with Gasteiger partial charge < -0.3 is 14.4 Å². The first-order chi connectivity index (χ1) is 13.8. The third kappa shape index (κ3) is 3.33. The van der Waals surface area contributed by atoms with Gasteiger partial charge in [0.15, 0.2) is 5.58 Å². The number of H-pyrrole nitrogens is 1. The van der Waals surface area contributed by atoms with Crippen LogP contribution < -0.4 is 0 Å². The molecule has 3 heterocycles. The molecule has 0 radical (unpaired) electrons. The van der Waals surface area contributed by atoms with Crippen LogP contribution in [0.4, 0.5) is 0 Å². The highest BCUT2D eigenvalue weighted by molar-refractivity contribution is 5.83. The van der Waals surface area contributed by atoms with E-state index in [0.717, 1.165) is 30.8 Å². The topological polar surface area (TPSA) is 45.1 Å². The van der Waals surface area contributed by atoms with E-state index in [2.05, 4.69) is 58.5 Å². The van der Waals surface area contributed by atoms with Crippen molar-refractivity contribution in [1.29, 1.82) is 0 Å². The second kappa shape index (κ2) is 7.44. The summed E-state index contributed by atoms with van der Waals surface area (Å²) >= 11 is 0. The third-order valence-electron chi connectivity index (χ3n) is 6.22. The fraction of sp³-hybridized carbons (Fsp3) is 0.375. The molecule has 1 aliphatic rings. The van der Waals surface area contributed by atoms with Crippen molar-refractivity contribution < 1.29 is 4.52 Å². The molecule has 0 spiro atoms. The van der Waals surface area contributed by atoms with Crippen molar-refractivity contribution in [3.05, 3.63) is 65.5 Å². The normalized spacial score (nSPS) is 16.3. The molecule has 5 rings (SSSR count). The Kier molecular flexibility index (Phi) is 4.65. The average molecular weight is 374 g/mol. The minimum Gasteiger partial charge on any atom is -0.361 e. The van der Waals surface area contributed by atoms with Crippen LogP contribution in [-0.2, 0) is 6.42 Å². The number of aryl methyl sites for hydroxylation is 2. The maximum absolute atomic E-state index is 5.51. The average Bonchev–Trinajstić information content (AvgIpc) is 3.33. The van der Waals surface area contributed by atoms with E-state index in [1.54, 1.807) is 0 Å². The van der Waals surface area contributed by atoms with Gasteiger partial charge >= 0.3 is 0 Å². The second-order valence-corrected chi connectivity index (χ2v) is 8.15. The zero-order valence-electron chi connectivity index (χ0n) is 16.4. The van der Waals surface area contributed by atoms with Gasteiger partial charge in [-0.3, -0.25) is 0 Å². The fourth-order valence-corrected chi connectivity index (χ4v) is 4.62. The summed E-state index contributed by atoms with van der Waals surface area (Å²) in [6, 6.07) is 14.9. The molecule has 0 unspecified atom stereocenters. The van der Waals surface area contributed by atoms with Gasteiger partial charge in [0.1, 0.15) is 0 Å². The fourth-order valence-electron chi connectivity index (χ4n) is 4.62.